The summed E-state index contributed by atoms with van der Waals surface area (Å²) >= 11 is 0. The van der Waals surface area contributed by atoms with E-state index in [4.69, 9.17) is 4.65 Å². The zero-order chi connectivity index (χ0) is 16.5. The third-order valence-corrected chi connectivity index (χ3v) is 3.97. The minimum atomic E-state index is -1.75. The zero-order valence-corrected chi connectivity index (χ0v) is 14.6. The molecule has 0 amide bonds. The standard InChI is InChI=1S/C18H31BO3/c1-5-9-14-13-18(22-19(20)21)17(12-8-4)16(11-7-3)15(14)10-6-2/h13,20-21H,5-12H2,1-4H3. The van der Waals surface area contributed by atoms with Gasteiger partial charge >= 0.3 is 7.32 Å². The third-order valence-electron chi connectivity index (χ3n) is 3.97. The van der Waals surface area contributed by atoms with Crippen molar-refractivity contribution in [2.24, 2.45) is 0 Å². The van der Waals surface area contributed by atoms with Crippen LogP contribution in [0.2, 0.25) is 0 Å². The largest absolute Gasteiger partial charge is 0.707 e. The van der Waals surface area contributed by atoms with Crippen molar-refractivity contribution in [1.29, 1.82) is 0 Å². The van der Waals surface area contributed by atoms with Gasteiger partial charge < -0.3 is 14.7 Å². The highest BCUT2D eigenvalue weighted by molar-refractivity contribution is 6.33. The Bertz CT molecular complexity index is 458. The Hall–Kier alpha value is -0.995. The van der Waals surface area contributed by atoms with E-state index in [9.17, 15) is 10.0 Å². The van der Waals surface area contributed by atoms with E-state index in [0.717, 1.165) is 51.4 Å². The van der Waals surface area contributed by atoms with Crippen LogP contribution in [0, 0.1) is 0 Å². The van der Waals surface area contributed by atoms with Crippen molar-refractivity contribution >= 4 is 7.32 Å². The molecule has 0 saturated carbocycles. The second kappa shape index (κ2) is 9.91. The Morgan fingerprint density at radius 1 is 0.773 bits per heavy atom. The number of rotatable bonds is 10. The molecular weight excluding hydrogens is 275 g/mol. The summed E-state index contributed by atoms with van der Waals surface area (Å²) in [7, 11) is -1.75. The summed E-state index contributed by atoms with van der Waals surface area (Å²) in [6, 6.07) is 2.04. The van der Waals surface area contributed by atoms with Gasteiger partial charge in [0.25, 0.3) is 0 Å². The van der Waals surface area contributed by atoms with Crippen LogP contribution >= 0.6 is 0 Å². The highest BCUT2D eigenvalue weighted by Crippen LogP contribution is 2.33. The molecule has 2 N–H and O–H groups in total. The van der Waals surface area contributed by atoms with E-state index < -0.39 is 7.32 Å². The average molecular weight is 306 g/mol. The van der Waals surface area contributed by atoms with E-state index in [2.05, 4.69) is 27.7 Å². The Morgan fingerprint density at radius 2 is 1.27 bits per heavy atom. The van der Waals surface area contributed by atoms with Gasteiger partial charge in [0.15, 0.2) is 0 Å². The van der Waals surface area contributed by atoms with Crippen LogP contribution in [0.4, 0.5) is 0 Å². The average Bonchev–Trinajstić information content (AvgIpc) is 2.46. The summed E-state index contributed by atoms with van der Waals surface area (Å²) in [4.78, 5) is 0. The molecule has 0 unspecified atom stereocenters. The van der Waals surface area contributed by atoms with Crippen LogP contribution in [0.5, 0.6) is 5.75 Å². The fraction of sp³-hybridized carbons (Fsp3) is 0.667. The molecule has 0 atom stereocenters. The van der Waals surface area contributed by atoms with E-state index in [1.165, 1.54) is 22.3 Å². The molecule has 0 fully saturated rings. The quantitative estimate of drug-likeness (QED) is 0.646. The first-order chi connectivity index (χ1) is 10.6. The molecule has 0 aliphatic carbocycles. The lowest BCUT2D eigenvalue weighted by molar-refractivity contribution is 0.286. The van der Waals surface area contributed by atoms with Crippen molar-refractivity contribution < 1.29 is 14.7 Å². The first kappa shape index (κ1) is 19.1. The molecule has 0 radical (unpaired) electrons. The summed E-state index contributed by atoms with van der Waals surface area (Å²) in [5.41, 5.74) is 5.33. The van der Waals surface area contributed by atoms with E-state index in [1.807, 2.05) is 6.07 Å². The molecule has 0 spiro atoms. The molecule has 0 saturated heterocycles. The van der Waals surface area contributed by atoms with Crippen LogP contribution in [0.1, 0.15) is 75.6 Å². The van der Waals surface area contributed by atoms with Gasteiger partial charge in [0, 0.05) is 0 Å². The van der Waals surface area contributed by atoms with Gasteiger partial charge in [-0.05, 0) is 54.0 Å². The van der Waals surface area contributed by atoms with Gasteiger partial charge in [-0.1, -0.05) is 53.4 Å². The SMILES string of the molecule is CCCc1cc(OB(O)O)c(CCC)c(CCC)c1CCC. The maximum atomic E-state index is 9.25. The monoisotopic (exact) mass is 306 g/mol. The summed E-state index contributed by atoms with van der Waals surface area (Å²) in [6.45, 7) is 8.73. The van der Waals surface area contributed by atoms with Crippen molar-refractivity contribution in [2.75, 3.05) is 0 Å². The molecular formula is C18H31BO3. The van der Waals surface area contributed by atoms with Gasteiger partial charge in [0.1, 0.15) is 5.75 Å². The summed E-state index contributed by atoms with van der Waals surface area (Å²) in [6.07, 6.45) is 8.36. The predicted octanol–water partition coefficient (Wildman–Crippen LogP) is 3.84. The lowest BCUT2D eigenvalue weighted by Crippen LogP contribution is -2.22. The Kier molecular flexibility index (Phi) is 8.58. The summed E-state index contributed by atoms with van der Waals surface area (Å²) in [5, 5.41) is 18.5. The highest BCUT2D eigenvalue weighted by atomic mass is 16.6. The van der Waals surface area contributed by atoms with E-state index in [0.29, 0.717) is 5.75 Å². The first-order valence-electron chi connectivity index (χ1n) is 8.78. The maximum Gasteiger partial charge on any atom is 0.707 e. The number of benzene rings is 1. The molecule has 0 aliphatic heterocycles. The van der Waals surface area contributed by atoms with Crippen LogP contribution in [-0.2, 0) is 25.7 Å². The molecule has 1 aromatic carbocycles. The molecule has 0 bridgehead atoms. The Balaban J connectivity index is 3.48. The van der Waals surface area contributed by atoms with Crippen LogP contribution in [-0.4, -0.2) is 17.4 Å². The second-order valence-corrected chi connectivity index (χ2v) is 5.91. The lowest BCUT2D eigenvalue weighted by Gasteiger charge is -2.22. The van der Waals surface area contributed by atoms with Crippen LogP contribution in [0.3, 0.4) is 0 Å². The highest BCUT2D eigenvalue weighted by Gasteiger charge is 2.20. The van der Waals surface area contributed by atoms with Gasteiger partial charge in [-0.2, -0.15) is 0 Å². The smallest absolute Gasteiger partial charge is 0.512 e. The molecule has 3 nitrogen and oxygen atoms in total. The Morgan fingerprint density at radius 3 is 1.77 bits per heavy atom. The number of hydrogen-bond acceptors (Lipinski definition) is 3. The van der Waals surface area contributed by atoms with Crippen molar-refractivity contribution in [1.82, 2.24) is 0 Å². The number of aryl methyl sites for hydroxylation is 1. The predicted molar refractivity (Wildman–Crippen MR) is 93.2 cm³/mol. The van der Waals surface area contributed by atoms with Crippen LogP contribution in [0.25, 0.3) is 0 Å². The maximum absolute atomic E-state index is 9.25. The molecule has 0 aliphatic rings. The third kappa shape index (κ3) is 5.03. The van der Waals surface area contributed by atoms with Crippen LogP contribution < -0.4 is 4.65 Å². The molecule has 22 heavy (non-hydrogen) atoms. The van der Waals surface area contributed by atoms with Gasteiger partial charge in [0.2, 0.25) is 0 Å². The normalized spacial score (nSPS) is 10.8. The van der Waals surface area contributed by atoms with Crippen molar-refractivity contribution in [3.05, 3.63) is 28.3 Å². The molecule has 0 heterocycles. The van der Waals surface area contributed by atoms with Crippen molar-refractivity contribution in [3.8, 4) is 5.75 Å². The zero-order valence-electron chi connectivity index (χ0n) is 14.6. The first-order valence-corrected chi connectivity index (χ1v) is 8.78. The molecule has 0 aromatic heterocycles. The summed E-state index contributed by atoms with van der Waals surface area (Å²) < 4.78 is 5.32. The van der Waals surface area contributed by atoms with E-state index in [-0.39, 0.29) is 0 Å². The van der Waals surface area contributed by atoms with Crippen molar-refractivity contribution in [3.63, 3.8) is 0 Å². The lowest BCUT2D eigenvalue weighted by atomic mass is 9.86. The molecule has 4 heteroatoms. The fourth-order valence-corrected chi connectivity index (χ4v) is 3.21. The fourth-order valence-electron chi connectivity index (χ4n) is 3.21. The summed E-state index contributed by atoms with van der Waals surface area (Å²) in [5.74, 6) is 0.656. The Labute approximate surface area is 135 Å². The molecule has 1 aromatic rings. The topological polar surface area (TPSA) is 49.7 Å². The van der Waals surface area contributed by atoms with Crippen LogP contribution in [0.15, 0.2) is 6.07 Å². The second-order valence-electron chi connectivity index (χ2n) is 5.91. The minimum absolute atomic E-state index is 0.656. The number of hydrogen-bond donors (Lipinski definition) is 2. The van der Waals surface area contributed by atoms with Gasteiger partial charge in [-0.3, -0.25) is 0 Å². The van der Waals surface area contributed by atoms with E-state index >= 15 is 0 Å². The molecule has 124 valence electrons. The molecule has 1 rings (SSSR count). The van der Waals surface area contributed by atoms with Crippen molar-refractivity contribution in [2.45, 2.75) is 79.1 Å². The van der Waals surface area contributed by atoms with E-state index in [1.54, 1.807) is 0 Å². The minimum Gasteiger partial charge on any atom is -0.512 e. The van der Waals surface area contributed by atoms with Gasteiger partial charge in [-0.25, -0.2) is 0 Å². The van der Waals surface area contributed by atoms with Gasteiger partial charge in [0.05, 0.1) is 0 Å². The van der Waals surface area contributed by atoms with Gasteiger partial charge in [-0.15, -0.1) is 0 Å².